The molecule has 0 radical (unpaired) electrons. The molecule has 0 bridgehead atoms. The first-order valence-corrected chi connectivity index (χ1v) is 7.60. The number of benzene rings is 3. The summed E-state index contributed by atoms with van der Waals surface area (Å²) in [5.41, 5.74) is 1.85. The Kier molecular flexibility index (Phi) is 4.48. The maximum absolute atomic E-state index is 9.91. The van der Waals surface area contributed by atoms with Crippen LogP contribution in [-0.4, -0.2) is 5.11 Å². The summed E-state index contributed by atoms with van der Waals surface area (Å²) in [5.74, 6) is 1.91. The number of hydrogen-bond donors (Lipinski definition) is 2. The fourth-order valence-corrected chi connectivity index (χ4v) is 2.43. The molecule has 0 aliphatic heterocycles. The third-order valence-electron chi connectivity index (χ3n) is 3.62. The monoisotopic (exact) mass is 305 g/mol. The first kappa shape index (κ1) is 15.0. The molecule has 23 heavy (non-hydrogen) atoms. The molecule has 0 saturated carbocycles. The molecule has 3 heteroatoms. The molecule has 3 aromatic rings. The van der Waals surface area contributed by atoms with Crippen LogP contribution in [0.15, 0.2) is 78.9 Å². The standard InChI is InChI=1S/C20H19NO2/c1-15(19-9-5-6-10-20(19)22)21-16-11-13-18(14-12-16)23-17-7-3-2-4-8-17/h2-15,21-22H,1H3. The molecule has 1 unspecified atom stereocenters. The van der Waals surface area contributed by atoms with Crippen LogP contribution in [0.4, 0.5) is 5.69 Å². The van der Waals surface area contributed by atoms with Crippen molar-refractivity contribution in [2.24, 2.45) is 0 Å². The molecule has 3 aromatic carbocycles. The van der Waals surface area contributed by atoms with Crippen molar-refractivity contribution in [1.82, 2.24) is 0 Å². The van der Waals surface area contributed by atoms with Crippen molar-refractivity contribution < 1.29 is 9.84 Å². The molecule has 0 aliphatic rings. The highest BCUT2D eigenvalue weighted by molar-refractivity contribution is 5.50. The number of rotatable bonds is 5. The summed E-state index contributed by atoms with van der Waals surface area (Å²) in [7, 11) is 0. The first-order valence-electron chi connectivity index (χ1n) is 7.60. The van der Waals surface area contributed by atoms with E-state index < -0.39 is 0 Å². The summed E-state index contributed by atoms with van der Waals surface area (Å²) in [6, 6.07) is 24.8. The van der Waals surface area contributed by atoms with E-state index in [1.165, 1.54) is 0 Å². The summed E-state index contributed by atoms with van der Waals surface area (Å²) in [6.45, 7) is 2.02. The van der Waals surface area contributed by atoms with Gasteiger partial charge in [-0.2, -0.15) is 0 Å². The lowest BCUT2D eigenvalue weighted by atomic mass is 10.1. The predicted octanol–water partition coefficient (Wildman–Crippen LogP) is 5.36. The number of hydrogen-bond acceptors (Lipinski definition) is 3. The van der Waals surface area contributed by atoms with Gasteiger partial charge in [0.25, 0.3) is 0 Å². The van der Waals surface area contributed by atoms with Gasteiger partial charge in [0, 0.05) is 11.3 Å². The van der Waals surface area contributed by atoms with E-state index in [-0.39, 0.29) is 6.04 Å². The lowest BCUT2D eigenvalue weighted by molar-refractivity contribution is 0.465. The van der Waals surface area contributed by atoms with Crippen molar-refractivity contribution >= 4 is 5.69 Å². The smallest absolute Gasteiger partial charge is 0.127 e. The molecule has 0 aliphatic carbocycles. The van der Waals surface area contributed by atoms with Crippen LogP contribution in [0.5, 0.6) is 17.2 Å². The molecule has 0 spiro atoms. The van der Waals surface area contributed by atoms with E-state index in [1.54, 1.807) is 6.07 Å². The summed E-state index contributed by atoms with van der Waals surface area (Å²) in [5, 5.41) is 13.3. The Morgan fingerprint density at radius 2 is 1.39 bits per heavy atom. The zero-order valence-electron chi connectivity index (χ0n) is 12.9. The number of ether oxygens (including phenoxy) is 1. The van der Waals surface area contributed by atoms with Crippen LogP contribution < -0.4 is 10.1 Å². The lowest BCUT2D eigenvalue weighted by Gasteiger charge is -2.17. The summed E-state index contributed by atoms with van der Waals surface area (Å²) in [6.07, 6.45) is 0. The maximum Gasteiger partial charge on any atom is 0.127 e. The molecule has 3 rings (SSSR count). The molecular weight excluding hydrogens is 286 g/mol. The molecule has 1 atom stereocenters. The topological polar surface area (TPSA) is 41.5 Å². The van der Waals surface area contributed by atoms with Gasteiger partial charge in [0.05, 0.1) is 6.04 Å². The van der Waals surface area contributed by atoms with E-state index in [0.717, 1.165) is 22.7 Å². The highest BCUT2D eigenvalue weighted by Crippen LogP contribution is 2.28. The summed E-state index contributed by atoms with van der Waals surface area (Å²) in [4.78, 5) is 0. The van der Waals surface area contributed by atoms with E-state index >= 15 is 0 Å². The first-order chi connectivity index (χ1) is 11.2. The molecule has 0 heterocycles. The molecule has 0 fully saturated rings. The lowest BCUT2D eigenvalue weighted by Crippen LogP contribution is -2.06. The second-order valence-electron chi connectivity index (χ2n) is 5.36. The van der Waals surface area contributed by atoms with Crippen LogP contribution in [0.1, 0.15) is 18.5 Å². The molecule has 0 amide bonds. The van der Waals surface area contributed by atoms with Crippen molar-refractivity contribution in [2.45, 2.75) is 13.0 Å². The fourth-order valence-electron chi connectivity index (χ4n) is 2.43. The zero-order chi connectivity index (χ0) is 16.1. The van der Waals surface area contributed by atoms with Gasteiger partial charge in [0.15, 0.2) is 0 Å². The zero-order valence-corrected chi connectivity index (χ0v) is 12.9. The molecule has 0 aromatic heterocycles. The minimum atomic E-state index is 0.0112. The van der Waals surface area contributed by atoms with Crippen molar-refractivity contribution in [3.63, 3.8) is 0 Å². The largest absolute Gasteiger partial charge is 0.508 e. The Morgan fingerprint density at radius 1 is 0.783 bits per heavy atom. The van der Waals surface area contributed by atoms with E-state index in [9.17, 15) is 5.11 Å². The fraction of sp³-hybridized carbons (Fsp3) is 0.100. The average Bonchev–Trinajstić information content (AvgIpc) is 2.58. The van der Waals surface area contributed by atoms with Crippen LogP contribution in [0.25, 0.3) is 0 Å². The second-order valence-corrected chi connectivity index (χ2v) is 5.36. The van der Waals surface area contributed by atoms with E-state index in [4.69, 9.17) is 4.74 Å². The Bertz CT molecular complexity index is 754. The van der Waals surface area contributed by atoms with Crippen molar-refractivity contribution in [1.29, 1.82) is 0 Å². The van der Waals surface area contributed by atoms with Gasteiger partial charge in [-0.25, -0.2) is 0 Å². The van der Waals surface area contributed by atoms with Gasteiger partial charge in [-0.15, -0.1) is 0 Å². The number of aromatic hydroxyl groups is 1. The second kappa shape index (κ2) is 6.88. The van der Waals surface area contributed by atoms with Crippen LogP contribution in [-0.2, 0) is 0 Å². The van der Waals surface area contributed by atoms with Gasteiger partial charge in [-0.1, -0.05) is 36.4 Å². The van der Waals surface area contributed by atoms with E-state index in [1.807, 2.05) is 79.7 Å². The van der Waals surface area contributed by atoms with Gasteiger partial charge in [-0.05, 0) is 49.4 Å². The van der Waals surface area contributed by atoms with Gasteiger partial charge in [0.1, 0.15) is 17.2 Å². The Morgan fingerprint density at radius 3 is 2.09 bits per heavy atom. The highest BCUT2D eigenvalue weighted by Gasteiger charge is 2.09. The molecule has 3 nitrogen and oxygen atoms in total. The molecular formula is C20H19NO2. The SMILES string of the molecule is CC(Nc1ccc(Oc2ccccc2)cc1)c1ccccc1O. The number of anilines is 1. The molecule has 2 N–H and O–H groups in total. The summed E-state index contributed by atoms with van der Waals surface area (Å²) < 4.78 is 5.77. The predicted molar refractivity (Wildman–Crippen MR) is 93.1 cm³/mol. The van der Waals surface area contributed by atoms with Crippen LogP contribution >= 0.6 is 0 Å². The highest BCUT2D eigenvalue weighted by atomic mass is 16.5. The molecule has 0 saturated heterocycles. The Hall–Kier alpha value is -2.94. The number of nitrogens with one attached hydrogen (secondary N) is 1. The minimum Gasteiger partial charge on any atom is -0.508 e. The van der Waals surface area contributed by atoms with Gasteiger partial charge in [-0.3, -0.25) is 0 Å². The number of para-hydroxylation sites is 2. The number of phenols is 1. The average molecular weight is 305 g/mol. The normalized spacial score (nSPS) is 11.7. The van der Waals surface area contributed by atoms with Gasteiger partial charge >= 0.3 is 0 Å². The van der Waals surface area contributed by atoms with Gasteiger partial charge in [0.2, 0.25) is 0 Å². The quantitative estimate of drug-likeness (QED) is 0.667. The van der Waals surface area contributed by atoms with Crippen LogP contribution in [0.3, 0.4) is 0 Å². The summed E-state index contributed by atoms with van der Waals surface area (Å²) >= 11 is 0. The Labute approximate surface area is 136 Å². The van der Waals surface area contributed by atoms with E-state index in [0.29, 0.717) is 5.75 Å². The number of phenolic OH excluding ortho intramolecular Hbond substituents is 1. The van der Waals surface area contributed by atoms with Crippen molar-refractivity contribution in [3.05, 3.63) is 84.4 Å². The maximum atomic E-state index is 9.91. The third-order valence-corrected chi connectivity index (χ3v) is 3.62. The third kappa shape index (κ3) is 3.83. The van der Waals surface area contributed by atoms with Crippen molar-refractivity contribution in [2.75, 3.05) is 5.32 Å². The van der Waals surface area contributed by atoms with Crippen molar-refractivity contribution in [3.8, 4) is 17.2 Å². The van der Waals surface area contributed by atoms with Crippen LogP contribution in [0, 0.1) is 0 Å². The van der Waals surface area contributed by atoms with Crippen LogP contribution in [0.2, 0.25) is 0 Å². The minimum absolute atomic E-state index is 0.0112. The van der Waals surface area contributed by atoms with Gasteiger partial charge < -0.3 is 15.2 Å². The van der Waals surface area contributed by atoms with E-state index in [2.05, 4.69) is 5.32 Å². The Balaban J connectivity index is 1.67. The molecule has 116 valence electrons.